The molecule has 6 nitrogen and oxygen atoms in total. The highest BCUT2D eigenvalue weighted by Gasteiger charge is 2.65. The van der Waals surface area contributed by atoms with Crippen molar-refractivity contribution in [3.63, 3.8) is 0 Å². The molecule has 0 radical (unpaired) electrons. The van der Waals surface area contributed by atoms with E-state index in [1.807, 2.05) is 0 Å². The molecule has 0 saturated heterocycles. The van der Waals surface area contributed by atoms with Crippen LogP contribution in [0.1, 0.15) is 73.1 Å². The van der Waals surface area contributed by atoms with Gasteiger partial charge in [0, 0.05) is 32.1 Å². The Bertz CT molecular complexity index is 858. The summed E-state index contributed by atoms with van der Waals surface area (Å²) >= 11 is 0. The van der Waals surface area contributed by atoms with Crippen molar-refractivity contribution < 1.29 is 28.7 Å². The van der Waals surface area contributed by atoms with Crippen LogP contribution in [0.15, 0.2) is 11.6 Å². The van der Waals surface area contributed by atoms with Crippen LogP contribution >= 0.6 is 0 Å². The summed E-state index contributed by atoms with van der Waals surface area (Å²) in [7, 11) is 0. The number of carbonyl (C=O) groups excluding carboxylic acids is 4. The lowest BCUT2D eigenvalue weighted by atomic mass is 9.45. The number of hydrogen-bond acceptors (Lipinski definition) is 6. The number of fused-ring (bicyclic) bond motifs is 5. The largest absolute Gasteiger partial charge is 0.462 e. The first-order chi connectivity index (χ1) is 14.5. The van der Waals surface area contributed by atoms with Crippen molar-refractivity contribution in [2.75, 3.05) is 0 Å². The molecule has 0 aromatic carbocycles. The van der Waals surface area contributed by atoms with Crippen LogP contribution in [0.4, 0.5) is 0 Å². The van der Waals surface area contributed by atoms with Crippen molar-refractivity contribution in [1.82, 2.24) is 0 Å². The monoisotopic (exact) mass is 430 g/mol. The van der Waals surface area contributed by atoms with E-state index in [9.17, 15) is 19.2 Å². The standard InChI is InChI=1S/C25H34O6/c1-13(26)18-6-7-19-17-11-21(30-14(2)27)20-10-16(29)8-9-24(20,4)23(17)22(31-15(3)28)12-25(18,19)5/h10,17-19,21-23H,6-9,11-12H2,1-5H3/t17-,18-,19-,21+,22+,23+,24-,25+/m0/s1. The van der Waals surface area contributed by atoms with Gasteiger partial charge in [0.05, 0.1) is 0 Å². The number of ketones is 2. The fraction of sp³-hybridized carbons (Fsp3) is 0.760. The first-order valence-electron chi connectivity index (χ1n) is 11.6. The SMILES string of the molecule is CC(=O)O[C@@H]1C[C@@H]2[C@H]([C@H](OC(C)=O)C[C@]3(C)[C@H](C(C)=O)CC[C@@H]23)[C@@]2(C)CCC(=O)C=C12. The Morgan fingerprint density at radius 3 is 2.32 bits per heavy atom. The van der Waals surface area contributed by atoms with Crippen molar-refractivity contribution >= 4 is 23.5 Å². The van der Waals surface area contributed by atoms with Gasteiger partial charge in [-0.15, -0.1) is 0 Å². The molecular formula is C25H34O6. The van der Waals surface area contributed by atoms with E-state index < -0.39 is 6.10 Å². The third kappa shape index (κ3) is 3.46. The predicted octanol–water partition coefficient (Wildman–Crippen LogP) is 3.81. The Balaban J connectivity index is 1.83. The molecule has 0 unspecified atom stereocenters. The highest BCUT2D eigenvalue weighted by atomic mass is 16.5. The minimum atomic E-state index is -0.440. The number of hydrogen-bond donors (Lipinski definition) is 0. The third-order valence-corrected chi connectivity index (χ3v) is 8.98. The molecule has 6 heteroatoms. The van der Waals surface area contributed by atoms with Crippen LogP contribution < -0.4 is 0 Å². The second-order valence-electron chi connectivity index (χ2n) is 10.7. The van der Waals surface area contributed by atoms with Crippen LogP contribution in [-0.2, 0) is 28.7 Å². The molecule has 3 fully saturated rings. The summed E-state index contributed by atoms with van der Waals surface area (Å²) in [6.45, 7) is 8.84. The summed E-state index contributed by atoms with van der Waals surface area (Å²) in [6.07, 6.45) is 5.11. The van der Waals surface area contributed by atoms with Gasteiger partial charge >= 0.3 is 11.9 Å². The van der Waals surface area contributed by atoms with E-state index in [0.29, 0.717) is 31.6 Å². The van der Waals surface area contributed by atoms with Gasteiger partial charge in [-0.1, -0.05) is 13.8 Å². The Morgan fingerprint density at radius 2 is 1.71 bits per heavy atom. The molecule has 0 N–H and O–H groups in total. The molecule has 0 heterocycles. The van der Waals surface area contributed by atoms with Crippen LogP contribution in [0.2, 0.25) is 0 Å². The fourth-order valence-corrected chi connectivity index (χ4v) is 7.98. The first-order valence-corrected chi connectivity index (χ1v) is 11.6. The summed E-state index contributed by atoms with van der Waals surface area (Å²) in [5.41, 5.74) is 0.255. The fourth-order valence-electron chi connectivity index (χ4n) is 7.98. The molecule has 4 aliphatic carbocycles. The molecule has 0 aliphatic heterocycles. The Labute approximate surface area is 184 Å². The van der Waals surface area contributed by atoms with Crippen molar-refractivity contribution in [3.05, 3.63) is 11.6 Å². The zero-order chi connectivity index (χ0) is 22.7. The van der Waals surface area contributed by atoms with Crippen LogP contribution in [-0.4, -0.2) is 35.7 Å². The van der Waals surface area contributed by atoms with Gasteiger partial charge in [0.2, 0.25) is 0 Å². The van der Waals surface area contributed by atoms with E-state index >= 15 is 0 Å². The normalized spacial score (nSPS) is 43.8. The molecule has 4 rings (SSSR count). The first kappa shape index (κ1) is 22.2. The maximum absolute atomic E-state index is 12.5. The van der Waals surface area contributed by atoms with Crippen LogP contribution in [0.25, 0.3) is 0 Å². The van der Waals surface area contributed by atoms with Crippen molar-refractivity contribution in [2.24, 2.45) is 34.5 Å². The minimum Gasteiger partial charge on any atom is -0.462 e. The van der Waals surface area contributed by atoms with Gasteiger partial charge in [-0.2, -0.15) is 0 Å². The second-order valence-corrected chi connectivity index (χ2v) is 10.7. The van der Waals surface area contributed by atoms with Crippen LogP contribution in [0, 0.1) is 34.5 Å². The van der Waals surface area contributed by atoms with Crippen LogP contribution in [0.3, 0.4) is 0 Å². The molecular weight excluding hydrogens is 396 g/mol. The highest BCUT2D eigenvalue weighted by molar-refractivity contribution is 5.92. The molecule has 0 amide bonds. The van der Waals surface area contributed by atoms with Gasteiger partial charge in [0.15, 0.2) is 5.78 Å². The maximum atomic E-state index is 12.5. The average Bonchev–Trinajstić information content (AvgIpc) is 2.99. The molecule has 0 aromatic rings. The molecule has 3 saturated carbocycles. The molecule has 170 valence electrons. The summed E-state index contributed by atoms with van der Waals surface area (Å²) in [6, 6.07) is 0. The average molecular weight is 431 g/mol. The van der Waals surface area contributed by atoms with E-state index in [4.69, 9.17) is 9.47 Å². The third-order valence-electron chi connectivity index (χ3n) is 8.98. The topological polar surface area (TPSA) is 86.7 Å². The molecule has 4 aliphatic rings. The zero-order valence-electron chi connectivity index (χ0n) is 19.2. The van der Waals surface area contributed by atoms with E-state index in [-0.39, 0.29) is 58.2 Å². The summed E-state index contributed by atoms with van der Waals surface area (Å²) in [5.74, 6) is 0.0592. The van der Waals surface area contributed by atoms with Gasteiger partial charge < -0.3 is 9.47 Å². The lowest BCUT2D eigenvalue weighted by Gasteiger charge is -2.61. The smallest absolute Gasteiger partial charge is 0.303 e. The minimum absolute atomic E-state index is 0.0404. The number of carbonyl (C=O) groups is 4. The van der Waals surface area contributed by atoms with Crippen molar-refractivity contribution in [3.8, 4) is 0 Å². The number of rotatable bonds is 3. The van der Waals surface area contributed by atoms with E-state index in [2.05, 4.69) is 13.8 Å². The van der Waals surface area contributed by atoms with Crippen molar-refractivity contribution in [1.29, 1.82) is 0 Å². The Morgan fingerprint density at radius 1 is 1.03 bits per heavy atom. The molecule has 0 bridgehead atoms. The second kappa shape index (κ2) is 7.56. The van der Waals surface area contributed by atoms with E-state index in [0.717, 1.165) is 18.4 Å². The molecule has 0 spiro atoms. The van der Waals surface area contributed by atoms with Gasteiger partial charge in [-0.3, -0.25) is 19.2 Å². The predicted molar refractivity (Wildman–Crippen MR) is 113 cm³/mol. The molecule has 0 aromatic heterocycles. The number of esters is 2. The van der Waals surface area contributed by atoms with Gasteiger partial charge in [-0.05, 0) is 73.3 Å². The number of Topliss-reactive ketones (excluding diaryl/α,β-unsaturated/α-hetero) is 1. The Kier molecular flexibility index (Phi) is 5.42. The lowest BCUT2D eigenvalue weighted by molar-refractivity contribution is -0.184. The zero-order valence-corrected chi connectivity index (χ0v) is 19.2. The molecule has 8 atom stereocenters. The quantitative estimate of drug-likeness (QED) is 0.633. The summed E-state index contributed by atoms with van der Waals surface area (Å²) < 4.78 is 11.7. The van der Waals surface area contributed by atoms with Gasteiger partial charge in [0.25, 0.3) is 0 Å². The van der Waals surface area contributed by atoms with E-state index in [1.165, 1.54) is 13.8 Å². The molecule has 31 heavy (non-hydrogen) atoms. The maximum Gasteiger partial charge on any atom is 0.303 e. The summed E-state index contributed by atoms with van der Waals surface area (Å²) in [5, 5.41) is 0. The van der Waals surface area contributed by atoms with Crippen LogP contribution in [0.5, 0.6) is 0 Å². The lowest BCUT2D eigenvalue weighted by Crippen LogP contribution is -2.60. The summed E-state index contributed by atoms with van der Waals surface area (Å²) in [4.78, 5) is 48.9. The van der Waals surface area contributed by atoms with Gasteiger partial charge in [0.1, 0.15) is 18.0 Å². The van der Waals surface area contributed by atoms with Crippen molar-refractivity contribution in [2.45, 2.75) is 85.4 Å². The Hall–Kier alpha value is -1.98. The van der Waals surface area contributed by atoms with Gasteiger partial charge in [-0.25, -0.2) is 0 Å². The highest BCUT2D eigenvalue weighted by Crippen LogP contribution is 2.67. The number of ether oxygens (including phenoxy) is 2. The van der Waals surface area contributed by atoms with E-state index in [1.54, 1.807) is 13.0 Å².